The third kappa shape index (κ3) is 1.92. The Morgan fingerprint density at radius 3 is 2.65 bits per heavy atom. The second-order valence-electron chi connectivity index (χ2n) is 6.36. The Morgan fingerprint density at radius 1 is 1.05 bits per heavy atom. The first-order valence-corrected chi connectivity index (χ1v) is 7.26. The summed E-state index contributed by atoms with van der Waals surface area (Å²) in [5, 5.41) is 3.56. The number of rotatable bonds is 3. The van der Waals surface area contributed by atoms with Crippen molar-refractivity contribution in [3.05, 3.63) is 53.6 Å². The molecule has 2 nitrogen and oxygen atoms in total. The minimum Gasteiger partial charge on any atom is -0.384 e. The third-order valence-corrected chi connectivity index (χ3v) is 4.41. The summed E-state index contributed by atoms with van der Waals surface area (Å²) in [6, 6.07) is 15.5. The number of anilines is 1. The van der Waals surface area contributed by atoms with Crippen LogP contribution in [0.5, 0.6) is 0 Å². The average molecular weight is 265 g/mol. The molecule has 1 N–H and O–H groups in total. The van der Waals surface area contributed by atoms with E-state index in [0.717, 1.165) is 26.2 Å². The Kier molecular flexibility index (Phi) is 2.61. The van der Waals surface area contributed by atoms with Gasteiger partial charge in [0.2, 0.25) is 0 Å². The van der Waals surface area contributed by atoms with Crippen LogP contribution in [0.15, 0.2) is 42.5 Å². The zero-order valence-corrected chi connectivity index (χ0v) is 11.8. The van der Waals surface area contributed by atoms with Crippen LogP contribution in [0.2, 0.25) is 0 Å². The zero-order chi connectivity index (χ0) is 13.6. The highest BCUT2D eigenvalue weighted by Crippen LogP contribution is 2.37. The lowest BCUT2D eigenvalue weighted by atomic mass is 9.88. The quantitative estimate of drug-likeness (QED) is 0.779. The van der Waals surface area contributed by atoms with Crippen molar-refractivity contribution in [3.8, 4) is 11.1 Å². The molecular formula is C18H19NO. The van der Waals surface area contributed by atoms with E-state index in [0.29, 0.717) is 5.41 Å². The smallest absolute Gasteiger partial charge is 0.0559 e. The van der Waals surface area contributed by atoms with E-state index in [2.05, 4.69) is 54.7 Å². The number of ether oxygens (including phenoxy) is 1. The molecule has 0 aromatic heterocycles. The Hall–Kier alpha value is -1.80. The predicted molar refractivity (Wildman–Crippen MR) is 82.1 cm³/mol. The molecule has 1 aliphatic carbocycles. The van der Waals surface area contributed by atoms with Crippen molar-refractivity contribution < 1.29 is 4.74 Å². The fraction of sp³-hybridized carbons (Fsp3) is 0.333. The fourth-order valence-electron chi connectivity index (χ4n) is 3.12. The van der Waals surface area contributed by atoms with E-state index in [9.17, 15) is 0 Å². The first-order chi connectivity index (χ1) is 9.73. The molecule has 1 aliphatic heterocycles. The highest BCUT2D eigenvalue weighted by Gasteiger charge is 2.33. The van der Waals surface area contributed by atoms with Gasteiger partial charge in [-0.25, -0.2) is 0 Å². The van der Waals surface area contributed by atoms with Gasteiger partial charge in [-0.1, -0.05) is 37.3 Å². The van der Waals surface area contributed by atoms with Gasteiger partial charge >= 0.3 is 0 Å². The van der Waals surface area contributed by atoms with Crippen molar-refractivity contribution in [3.63, 3.8) is 0 Å². The van der Waals surface area contributed by atoms with Gasteiger partial charge in [0.15, 0.2) is 0 Å². The van der Waals surface area contributed by atoms with E-state index in [1.807, 2.05) is 0 Å². The van der Waals surface area contributed by atoms with Crippen LogP contribution in [0.4, 0.5) is 5.69 Å². The van der Waals surface area contributed by atoms with Crippen molar-refractivity contribution in [2.75, 3.05) is 25.1 Å². The van der Waals surface area contributed by atoms with Crippen LogP contribution in [0.25, 0.3) is 11.1 Å². The lowest BCUT2D eigenvalue weighted by molar-refractivity contribution is -0.0924. The Balaban J connectivity index is 1.56. The monoisotopic (exact) mass is 265 g/mol. The number of nitrogens with one attached hydrogen (secondary N) is 1. The number of benzene rings is 2. The summed E-state index contributed by atoms with van der Waals surface area (Å²) in [5.41, 5.74) is 7.20. The van der Waals surface area contributed by atoms with Gasteiger partial charge in [0, 0.05) is 17.6 Å². The van der Waals surface area contributed by atoms with Gasteiger partial charge in [-0.15, -0.1) is 0 Å². The van der Waals surface area contributed by atoms with E-state index in [4.69, 9.17) is 4.74 Å². The molecule has 102 valence electrons. The van der Waals surface area contributed by atoms with Crippen molar-refractivity contribution in [1.29, 1.82) is 0 Å². The molecule has 0 saturated carbocycles. The van der Waals surface area contributed by atoms with E-state index in [1.54, 1.807) is 0 Å². The Bertz CT molecular complexity index is 658. The molecule has 2 aromatic rings. The minimum atomic E-state index is 0.308. The first kappa shape index (κ1) is 12.0. The van der Waals surface area contributed by atoms with Crippen LogP contribution >= 0.6 is 0 Å². The van der Waals surface area contributed by atoms with Gasteiger partial charge in [-0.3, -0.25) is 0 Å². The largest absolute Gasteiger partial charge is 0.384 e. The standard InChI is InChI=1S/C18H19NO/c1-18(11-20-12-18)10-19-15-6-7-17-14(9-15)8-13-4-2-3-5-16(13)17/h2-7,9,19H,8,10-12H2,1H3. The topological polar surface area (TPSA) is 21.3 Å². The normalized spacial score (nSPS) is 18.1. The van der Waals surface area contributed by atoms with Gasteiger partial charge in [0.05, 0.1) is 13.2 Å². The van der Waals surface area contributed by atoms with Crippen molar-refractivity contribution in [2.24, 2.45) is 5.41 Å². The highest BCUT2D eigenvalue weighted by atomic mass is 16.5. The van der Waals surface area contributed by atoms with Crippen LogP contribution in [0, 0.1) is 5.41 Å². The van der Waals surface area contributed by atoms with Gasteiger partial charge in [-0.05, 0) is 40.8 Å². The summed E-state index contributed by atoms with van der Waals surface area (Å²) in [7, 11) is 0. The van der Waals surface area contributed by atoms with Crippen molar-refractivity contribution in [2.45, 2.75) is 13.3 Å². The summed E-state index contributed by atoms with van der Waals surface area (Å²) in [6.45, 7) is 5.00. The molecule has 1 heterocycles. The SMILES string of the molecule is CC1(CNc2ccc3c(c2)Cc2ccccc2-3)COC1. The van der Waals surface area contributed by atoms with E-state index in [-0.39, 0.29) is 0 Å². The van der Waals surface area contributed by atoms with E-state index < -0.39 is 0 Å². The first-order valence-electron chi connectivity index (χ1n) is 7.26. The Morgan fingerprint density at radius 2 is 1.85 bits per heavy atom. The molecule has 1 saturated heterocycles. The van der Waals surface area contributed by atoms with Crippen LogP contribution in [0.3, 0.4) is 0 Å². The van der Waals surface area contributed by atoms with Gasteiger partial charge in [0.25, 0.3) is 0 Å². The number of hydrogen-bond acceptors (Lipinski definition) is 2. The maximum Gasteiger partial charge on any atom is 0.0559 e. The van der Waals surface area contributed by atoms with Crippen molar-refractivity contribution >= 4 is 5.69 Å². The zero-order valence-electron chi connectivity index (χ0n) is 11.8. The van der Waals surface area contributed by atoms with E-state index in [1.165, 1.54) is 27.9 Å². The third-order valence-electron chi connectivity index (χ3n) is 4.41. The minimum absolute atomic E-state index is 0.308. The molecule has 2 aromatic carbocycles. The Labute approximate surface area is 119 Å². The van der Waals surface area contributed by atoms with Gasteiger partial charge < -0.3 is 10.1 Å². The maximum absolute atomic E-state index is 5.30. The average Bonchev–Trinajstić information content (AvgIpc) is 2.80. The summed E-state index contributed by atoms with van der Waals surface area (Å²) in [4.78, 5) is 0. The molecule has 20 heavy (non-hydrogen) atoms. The van der Waals surface area contributed by atoms with Crippen LogP contribution in [-0.4, -0.2) is 19.8 Å². The molecule has 2 heteroatoms. The fourth-order valence-corrected chi connectivity index (χ4v) is 3.12. The van der Waals surface area contributed by atoms with Gasteiger partial charge in [-0.2, -0.15) is 0 Å². The molecule has 0 unspecified atom stereocenters. The summed E-state index contributed by atoms with van der Waals surface area (Å²) in [5.74, 6) is 0. The predicted octanol–water partition coefficient (Wildman–Crippen LogP) is 3.71. The molecular weight excluding hydrogens is 246 g/mol. The molecule has 0 radical (unpaired) electrons. The molecule has 0 spiro atoms. The molecule has 0 amide bonds. The van der Waals surface area contributed by atoms with Crippen LogP contribution in [0.1, 0.15) is 18.1 Å². The van der Waals surface area contributed by atoms with Crippen LogP contribution < -0.4 is 5.32 Å². The number of hydrogen-bond donors (Lipinski definition) is 1. The highest BCUT2D eigenvalue weighted by molar-refractivity contribution is 5.78. The lowest BCUT2D eigenvalue weighted by Crippen LogP contribution is -2.45. The molecule has 0 bridgehead atoms. The van der Waals surface area contributed by atoms with Crippen molar-refractivity contribution in [1.82, 2.24) is 0 Å². The molecule has 0 atom stereocenters. The summed E-state index contributed by atoms with van der Waals surface area (Å²) in [6.07, 6.45) is 1.06. The number of fused-ring (bicyclic) bond motifs is 3. The molecule has 1 fully saturated rings. The van der Waals surface area contributed by atoms with Crippen LogP contribution in [-0.2, 0) is 11.2 Å². The maximum atomic E-state index is 5.30. The molecule has 2 aliphatic rings. The molecule has 4 rings (SSSR count). The second kappa shape index (κ2) is 4.35. The van der Waals surface area contributed by atoms with Gasteiger partial charge in [0.1, 0.15) is 0 Å². The van der Waals surface area contributed by atoms with E-state index >= 15 is 0 Å². The lowest BCUT2D eigenvalue weighted by Gasteiger charge is -2.38. The summed E-state index contributed by atoms with van der Waals surface area (Å²) >= 11 is 0. The second-order valence-corrected chi connectivity index (χ2v) is 6.36. The summed E-state index contributed by atoms with van der Waals surface area (Å²) < 4.78 is 5.30.